The molecule has 0 aliphatic rings. The minimum absolute atomic E-state index is 0.0883. The van der Waals surface area contributed by atoms with Crippen molar-refractivity contribution in [2.45, 2.75) is 31.2 Å². The average Bonchev–Trinajstić information content (AvgIpc) is 2.76. The van der Waals surface area contributed by atoms with Crippen molar-refractivity contribution >= 4 is 23.2 Å². The van der Waals surface area contributed by atoms with E-state index in [4.69, 9.17) is 37.4 Å². The second-order valence-corrected chi connectivity index (χ2v) is 7.79. The fraction of sp³-hybridized carbons (Fsp3) is 0.250. The molecule has 32 heavy (non-hydrogen) atoms. The first-order chi connectivity index (χ1) is 15.3. The zero-order chi connectivity index (χ0) is 23.1. The molecule has 3 aromatic rings. The Hall–Kier alpha value is -2.41. The van der Waals surface area contributed by atoms with Crippen molar-refractivity contribution in [3.05, 3.63) is 88.9 Å². The van der Waals surface area contributed by atoms with E-state index in [-0.39, 0.29) is 6.61 Å². The van der Waals surface area contributed by atoms with Crippen molar-refractivity contribution in [2.75, 3.05) is 6.61 Å². The third kappa shape index (κ3) is 6.79. The van der Waals surface area contributed by atoms with Crippen molar-refractivity contribution in [3.63, 3.8) is 0 Å². The maximum Gasteiger partial charge on any atom is 0.407 e. The molecule has 0 saturated heterocycles. The maximum absolute atomic E-state index is 13.4. The molecule has 3 aromatic carbocycles. The van der Waals surface area contributed by atoms with Gasteiger partial charge in [-0.1, -0.05) is 35.9 Å². The number of hydrogen-bond donors (Lipinski definition) is 0. The van der Waals surface area contributed by atoms with Gasteiger partial charge in [0.2, 0.25) is 0 Å². The summed E-state index contributed by atoms with van der Waals surface area (Å²) in [6.07, 6.45) is -6.03. The van der Waals surface area contributed by atoms with E-state index in [1.54, 1.807) is 60.7 Å². The van der Waals surface area contributed by atoms with Gasteiger partial charge in [0, 0.05) is 5.02 Å². The Balaban J connectivity index is 1.74. The summed E-state index contributed by atoms with van der Waals surface area (Å²) in [7, 11) is 0. The van der Waals surface area contributed by atoms with Crippen LogP contribution in [0, 0.1) is 0 Å². The van der Waals surface area contributed by atoms with E-state index in [1.165, 1.54) is 12.1 Å². The third-order valence-corrected chi connectivity index (χ3v) is 5.20. The molecule has 170 valence electrons. The van der Waals surface area contributed by atoms with Crippen molar-refractivity contribution in [1.82, 2.24) is 0 Å². The second-order valence-electron chi connectivity index (χ2n) is 6.88. The fourth-order valence-corrected chi connectivity index (χ4v) is 3.31. The number of alkyl halides is 4. The predicted octanol–water partition coefficient (Wildman–Crippen LogP) is 7.96. The van der Waals surface area contributed by atoms with Crippen LogP contribution in [0.3, 0.4) is 0 Å². The van der Waals surface area contributed by atoms with Crippen molar-refractivity contribution in [3.8, 4) is 17.2 Å². The molecule has 2 atom stereocenters. The van der Waals surface area contributed by atoms with E-state index in [0.29, 0.717) is 40.0 Å². The molecule has 8 heteroatoms. The van der Waals surface area contributed by atoms with Gasteiger partial charge in [-0.2, -0.15) is 13.2 Å². The minimum atomic E-state index is -4.63. The highest BCUT2D eigenvalue weighted by Gasteiger charge is 2.44. The van der Waals surface area contributed by atoms with Gasteiger partial charge in [-0.15, -0.1) is 11.6 Å². The van der Waals surface area contributed by atoms with Gasteiger partial charge in [-0.3, -0.25) is 0 Å². The highest BCUT2D eigenvalue weighted by atomic mass is 35.5. The number of benzene rings is 3. The summed E-state index contributed by atoms with van der Waals surface area (Å²) in [5.74, 6) is 1.65. The Morgan fingerprint density at radius 1 is 0.875 bits per heavy atom. The molecule has 0 aliphatic heterocycles. The lowest BCUT2D eigenvalue weighted by Crippen LogP contribution is -2.31. The van der Waals surface area contributed by atoms with E-state index in [1.807, 2.05) is 6.92 Å². The van der Waals surface area contributed by atoms with Crippen LogP contribution in [-0.4, -0.2) is 18.2 Å². The lowest BCUT2D eigenvalue weighted by molar-refractivity contribution is -0.158. The number of halogens is 5. The molecule has 0 radical (unpaired) electrons. The molecular weight excluding hydrogens is 464 g/mol. The highest BCUT2D eigenvalue weighted by Crippen LogP contribution is 2.38. The van der Waals surface area contributed by atoms with Gasteiger partial charge in [-0.25, -0.2) is 0 Å². The smallest absolute Gasteiger partial charge is 0.407 e. The Kier molecular flexibility index (Phi) is 8.29. The van der Waals surface area contributed by atoms with Crippen LogP contribution < -0.4 is 9.47 Å². The number of ether oxygens (including phenoxy) is 3. The van der Waals surface area contributed by atoms with Gasteiger partial charge in [0.05, 0.1) is 13.2 Å². The minimum Gasteiger partial charge on any atom is -0.494 e. The van der Waals surface area contributed by atoms with E-state index in [0.717, 1.165) is 0 Å². The molecule has 0 saturated carbocycles. The van der Waals surface area contributed by atoms with Crippen molar-refractivity contribution in [2.24, 2.45) is 0 Å². The van der Waals surface area contributed by atoms with Gasteiger partial charge in [0.1, 0.15) is 23.4 Å². The van der Waals surface area contributed by atoms with Crippen LogP contribution in [0.4, 0.5) is 13.2 Å². The van der Waals surface area contributed by atoms with Crippen LogP contribution in [0.25, 0.3) is 0 Å². The topological polar surface area (TPSA) is 27.7 Å². The number of rotatable bonds is 9. The molecule has 0 amide bonds. The van der Waals surface area contributed by atoms with Gasteiger partial charge >= 0.3 is 6.18 Å². The first-order valence-corrected chi connectivity index (χ1v) is 10.6. The molecule has 3 rings (SSSR count). The van der Waals surface area contributed by atoms with E-state index in [9.17, 15) is 13.2 Å². The van der Waals surface area contributed by atoms with Crippen LogP contribution in [0.1, 0.15) is 24.2 Å². The molecular formula is C24H21Cl2F3O3. The van der Waals surface area contributed by atoms with Crippen molar-refractivity contribution in [1.29, 1.82) is 0 Å². The Labute approximate surface area is 194 Å². The highest BCUT2D eigenvalue weighted by molar-refractivity contribution is 6.30. The molecule has 0 aromatic heterocycles. The first kappa shape index (κ1) is 24.2. The average molecular weight is 485 g/mol. The molecule has 3 nitrogen and oxygen atoms in total. The van der Waals surface area contributed by atoms with Crippen LogP contribution in [0.5, 0.6) is 17.2 Å². The van der Waals surface area contributed by atoms with Crippen LogP contribution >= 0.6 is 23.2 Å². The Bertz CT molecular complexity index is 993. The standard InChI is InChI=1S/C24H21Cl2F3O3/c1-2-30-19-10-6-17(7-11-19)22(23(26)24(27,28)29)31-15-16-4-3-5-21(14-16)32-20-12-8-18(25)9-13-20/h3-14,22-23H,2,15H2,1H3. The summed E-state index contributed by atoms with van der Waals surface area (Å²) in [5.41, 5.74) is 0.942. The predicted molar refractivity (Wildman–Crippen MR) is 119 cm³/mol. The Morgan fingerprint density at radius 2 is 1.53 bits per heavy atom. The number of hydrogen-bond acceptors (Lipinski definition) is 3. The molecule has 0 fully saturated rings. The SMILES string of the molecule is CCOc1ccc(C(OCc2cccc(Oc3ccc(Cl)cc3)c2)C(Cl)C(F)(F)F)cc1. The largest absolute Gasteiger partial charge is 0.494 e. The van der Waals surface area contributed by atoms with Crippen molar-refractivity contribution < 1.29 is 27.4 Å². The van der Waals surface area contributed by atoms with E-state index in [2.05, 4.69) is 0 Å². The summed E-state index contributed by atoms with van der Waals surface area (Å²) in [6.45, 7) is 2.19. The van der Waals surface area contributed by atoms with Crippen LogP contribution in [0.2, 0.25) is 5.02 Å². The normalized spacial score (nSPS) is 13.4. The lowest BCUT2D eigenvalue weighted by atomic mass is 10.1. The second kappa shape index (κ2) is 10.9. The quantitative estimate of drug-likeness (QED) is 0.288. The fourth-order valence-electron chi connectivity index (χ4n) is 2.97. The Morgan fingerprint density at radius 3 is 2.16 bits per heavy atom. The monoisotopic (exact) mass is 484 g/mol. The summed E-state index contributed by atoms with van der Waals surface area (Å²) < 4.78 is 56.9. The lowest BCUT2D eigenvalue weighted by Gasteiger charge is -2.25. The van der Waals surface area contributed by atoms with Gasteiger partial charge in [0.25, 0.3) is 0 Å². The molecule has 0 aliphatic carbocycles. The zero-order valence-electron chi connectivity index (χ0n) is 17.1. The van der Waals surface area contributed by atoms with Crippen LogP contribution in [0.15, 0.2) is 72.8 Å². The molecule has 0 bridgehead atoms. The van der Waals surface area contributed by atoms with Crippen LogP contribution in [-0.2, 0) is 11.3 Å². The van der Waals surface area contributed by atoms with Gasteiger partial charge in [-0.05, 0) is 66.6 Å². The van der Waals surface area contributed by atoms with Gasteiger partial charge in [0.15, 0.2) is 5.38 Å². The summed E-state index contributed by atoms with van der Waals surface area (Å²) in [6, 6.07) is 20.0. The van der Waals surface area contributed by atoms with E-state index >= 15 is 0 Å². The molecule has 0 heterocycles. The molecule has 0 N–H and O–H groups in total. The summed E-state index contributed by atoms with van der Waals surface area (Å²) in [4.78, 5) is 0. The molecule has 2 unspecified atom stereocenters. The maximum atomic E-state index is 13.4. The van der Waals surface area contributed by atoms with E-state index < -0.39 is 17.7 Å². The summed E-state index contributed by atoms with van der Waals surface area (Å²) >= 11 is 11.6. The first-order valence-electron chi connectivity index (χ1n) is 9.84. The molecule has 0 spiro atoms. The zero-order valence-corrected chi connectivity index (χ0v) is 18.6. The summed E-state index contributed by atoms with van der Waals surface area (Å²) in [5, 5.41) is -1.63. The van der Waals surface area contributed by atoms with Gasteiger partial charge < -0.3 is 14.2 Å². The third-order valence-electron chi connectivity index (χ3n) is 4.48.